The van der Waals surface area contributed by atoms with Gasteiger partial charge in [0, 0.05) is 25.7 Å². The summed E-state index contributed by atoms with van der Waals surface area (Å²) < 4.78 is 68.5. The van der Waals surface area contributed by atoms with Crippen molar-refractivity contribution in [2.45, 2.75) is 407 Å². The molecule has 19 heteroatoms. The van der Waals surface area contributed by atoms with Crippen molar-refractivity contribution in [2.24, 2.45) is 11.8 Å². The first kappa shape index (κ1) is 92.1. The van der Waals surface area contributed by atoms with Gasteiger partial charge in [-0.05, 0) is 37.5 Å². The van der Waals surface area contributed by atoms with Crippen molar-refractivity contribution in [3.63, 3.8) is 0 Å². The monoisotopic (exact) mass is 1380 g/mol. The lowest BCUT2D eigenvalue weighted by Gasteiger charge is -2.21. The minimum atomic E-state index is -4.96. The van der Waals surface area contributed by atoms with Gasteiger partial charge in [0.05, 0.1) is 26.4 Å². The molecule has 0 fully saturated rings. The van der Waals surface area contributed by atoms with Crippen LogP contribution in [0.5, 0.6) is 0 Å². The minimum Gasteiger partial charge on any atom is -0.462 e. The van der Waals surface area contributed by atoms with E-state index in [1.807, 2.05) is 0 Å². The highest BCUT2D eigenvalue weighted by Gasteiger charge is 2.30. The van der Waals surface area contributed by atoms with Gasteiger partial charge in [-0.3, -0.25) is 37.3 Å². The summed E-state index contributed by atoms with van der Waals surface area (Å²) in [6.45, 7) is 9.56. The maximum absolute atomic E-state index is 13.1. The topological polar surface area (TPSA) is 237 Å². The van der Waals surface area contributed by atoms with E-state index in [0.29, 0.717) is 25.7 Å². The van der Waals surface area contributed by atoms with Gasteiger partial charge in [0.25, 0.3) is 0 Å². The third-order valence-corrected chi connectivity index (χ3v) is 19.4. The van der Waals surface area contributed by atoms with Crippen molar-refractivity contribution in [2.75, 3.05) is 39.6 Å². The number of hydrogen-bond donors (Lipinski definition) is 3. The summed E-state index contributed by atoms with van der Waals surface area (Å²) in [5.41, 5.74) is 0. The molecule has 0 amide bonds. The Morgan fingerprint density at radius 1 is 0.287 bits per heavy atom. The largest absolute Gasteiger partial charge is 0.472 e. The van der Waals surface area contributed by atoms with Gasteiger partial charge >= 0.3 is 39.5 Å². The summed E-state index contributed by atoms with van der Waals surface area (Å²) in [5, 5.41) is 10.6. The number of phosphoric ester groups is 2. The summed E-state index contributed by atoms with van der Waals surface area (Å²) >= 11 is 0. The molecule has 0 spiro atoms. The summed E-state index contributed by atoms with van der Waals surface area (Å²) in [5.74, 6) is -0.630. The molecule has 0 aliphatic carbocycles. The molecule has 0 heterocycles. The second kappa shape index (κ2) is 66.9. The standard InChI is InChI=1S/C75H146O17P2/c1-7-9-11-13-15-17-19-21-22-23-24-26-28-34-42-48-54-60-75(80)91-70(63-85-72(77)57-51-45-39-32-30-29-31-37-43-49-55-67(3)4)65-89-93(81,82)87-61-69(76)62-88-94(83,84)90-66-71(64-86-73(78)58-52-46-40-36-35-38-44-50-56-68(5)6)92-74(79)59-53-47-41-33-27-25-20-18-16-14-12-10-8-2/h67-71,76H,7-66H2,1-6H3,(H,81,82)(H,83,84)/t69-,70-,71-/m1/s1. The quantitative estimate of drug-likeness (QED) is 0.0222. The first-order valence-corrected chi connectivity index (χ1v) is 42.0. The molecule has 0 bridgehead atoms. The molecule has 2 unspecified atom stereocenters. The summed E-state index contributed by atoms with van der Waals surface area (Å²) in [4.78, 5) is 72.8. The molecule has 3 N–H and O–H groups in total. The molecule has 0 aromatic carbocycles. The smallest absolute Gasteiger partial charge is 0.462 e. The van der Waals surface area contributed by atoms with Crippen LogP contribution in [0.15, 0.2) is 0 Å². The summed E-state index contributed by atoms with van der Waals surface area (Å²) in [6.07, 6.45) is 54.0. The molecule has 0 rings (SSSR count). The maximum atomic E-state index is 13.1. The Hall–Kier alpha value is -1.94. The van der Waals surface area contributed by atoms with Crippen LogP contribution < -0.4 is 0 Å². The first-order valence-electron chi connectivity index (χ1n) is 39.0. The Bertz CT molecular complexity index is 1820. The van der Waals surface area contributed by atoms with Gasteiger partial charge in [0.2, 0.25) is 0 Å². The van der Waals surface area contributed by atoms with Crippen molar-refractivity contribution in [3.05, 3.63) is 0 Å². The Morgan fingerprint density at radius 3 is 0.723 bits per heavy atom. The first-order chi connectivity index (χ1) is 45.4. The van der Waals surface area contributed by atoms with E-state index in [9.17, 15) is 43.2 Å². The van der Waals surface area contributed by atoms with Gasteiger partial charge < -0.3 is 33.8 Å². The predicted octanol–water partition coefficient (Wildman–Crippen LogP) is 21.9. The third kappa shape index (κ3) is 68.6. The molecule has 558 valence electrons. The Morgan fingerprint density at radius 2 is 0.489 bits per heavy atom. The highest BCUT2D eigenvalue weighted by Crippen LogP contribution is 2.45. The van der Waals surface area contributed by atoms with Crippen LogP contribution in [0, 0.1) is 11.8 Å². The second-order valence-electron chi connectivity index (χ2n) is 28.0. The van der Waals surface area contributed by atoms with Gasteiger partial charge in [0.1, 0.15) is 19.3 Å². The van der Waals surface area contributed by atoms with Gasteiger partial charge in [-0.2, -0.15) is 0 Å². The van der Waals surface area contributed by atoms with Crippen molar-refractivity contribution in [1.82, 2.24) is 0 Å². The maximum Gasteiger partial charge on any atom is 0.472 e. The number of rotatable bonds is 74. The molecule has 0 aliphatic rings. The number of unbranched alkanes of at least 4 members (excludes halogenated alkanes) is 44. The molecule has 17 nitrogen and oxygen atoms in total. The molecule has 0 saturated carbocycles. The van der Waals surface area contributed by atoms with Gasteiger partial charge in [-0.15, -0.1) is 0 Å². The third-order valence-electron chi connectivity index (χ3n) is 17.5. The van der Waals surface area contributed by atoms with E-state index >= 15 is 0 Å². The van der Waals surface area contributed by atoms with Crippen LogP contribution in [-0.4, -0.2) is 96.7 Å². The lowest BCUT2D eigenvalue weighted by Crippen LogP contribution is -2.30. The zero-order valence-corrected chi connectivity index (χ0v) is 63.1. The normalized spacial score (nSPS) is 14.0. The SMILES string of the molecule is CCCCCCCCCCCCCCCCCCCC(=O)O[C@H](COC(=O)CCCCCCCCCCCCC(C)C)COP(=O)(O)OC[C@@H](O)COP(=O)(O)OC[C@@H](COC(=O)CCCCCCCCCCC(C)C)OC(=O)CCCCCCCCCCCCCCC. The number of hydrogen-bond acceptors (Lipinski definition) is 15. The average Bonchev–Trinajstić information content (AvgIpc) is 1.39. The zero-order valence-electron chi connectivity index (χ0n) is 61.3. The van der Waals surface area contributed by atoms with E-state index in [-0.39, 0.29) is 25.7 Å². The molecule has 0 radical (unpaired) electrons. The Balaban J connectivity index is 5.25. The van der Waals surface area contributed by atoms with E-state index in [4.69, 9.17) is 37.0 Å². The van der Waals surface area contributed by atoms with Crippen LogP contribution in [0.25, 0.3) is 0 Å². The summed E-state index contributed by atoms with van der Waals surface area (Å²) in [6, 6.07) is 0. The van der Waals surface area contributed by atoms with Crippen molar-refractivity contribution < 1.29 is 80.2 Å². The van der Waals surface area contributed by atoms with Crippen LogP contribution in [-0.2, 0) is 65.4 Å². The molecule has 94 heavy (non-hydrogen) atoms. The van der Waals surface area contributed by atoms with Gasteiger partial charge in [-0.25, -0.2) is 9.13 Å². The number of carbonyl (C=O) groups is 4. The van der Waals surface area contributed by atoms with E-state index in [1.165, 1.54) is 205 Å². The zero-order chi connectivity index (χ0) is 69.3. The lowest BCUT2D eigenvalue weighted by molar-refractivity contribution is -0.161. The van der Waals surface area contributed by atoms with E-state index in [1.54, 1.807) is 0 Å². The molecular weight excluding hydrogens is 1230 g/mol. The fourth-order valence-corrected chi connectivity index (χ4v) is 13.1. The second-order valence-corrected chi connectivity index (χ2v) is 30.9. The van der Waals surface area contributed by atoms with E-state index < -0.39 is 97.5 Å². The van der Waals surface area contributed by atoms with Crippen molar-refractivity contribution in [1.29, 1.82) is 0 Å². The van der Waals surface area contributed by atoms with Crippen molar-refractivity contribution in [3.8, 4) is 0 Å². The number of phosphoric acid groups is 2. The predicted molar refractivity (Wildman–Crippen MR) is 381 cm³/mol. The number of aliphatic hydroxyl groups is 1. The molecule has 0 aliphatic heterocycles. The van der Waals surface area contributed by atoms with Crippen LogP contribution in [0.4, 0.5) is 0 Å². The van der Waals surface area contributed by atoms with E-state index in [2.05, 4.69) is 41.5 Å². The Kier molecular flexibility index (Phi) is 65.5. The highest BCUT2D eigenvalue weighted by atomic mass is 31.2. The van der Waals surface area contributed by atoms with Gasteiger partial charge in [0.15, 0.2) is 12.2 Å². The number of aliphatic hydroxyl groups excluding tert-OH is 1. The number of ether oxygens (including phenoxy) is 4. The highest BCUT2D eigenvalue weighted by molar-refractivity contribution is 7.47. The average molecular weight is 1380 g/mol. The molecule has 0 aromatic rings. The molecular formula is C75H146O17P2. The van der Waals surface area contributed by atoms with E-state index in [0.717, 1.165) is 102 Å². The van der Waals surface area contributed by atoms with Crippen LogP contribution in [0.3, 0.4) is 0 Å². The number of carbonyl (C=O) groups excluding carboxylic acids is 4. The molecule has 0 saturated heterocycles. The Labute approximate surface area is 575 Å². The molecule has 5 atom stereocenters. The fourth-order valence-electron chi connectivity index (χ4n) is 11.5. The lowest BCUT2D eigenvalue weighted by atomic mass is 10.0. The summed E-state index contributed by atoms with van der Waals surface area (Å²) in [7, 11) is -9.91. The van der Waals surface area contributed by atoms with Crippen LogP contribution in [0.1, 0.15) is 388 Å². The fraction of sp³-hybridized carbons (Fsp3) is 0.947. The number of esters is 4. The molecule has 0 aromatic heterocycles. The van der Waals surface area contributed by atoms with Gasteiger partial charge in [-0.1, -0.05) is 337 Å². The van der Waals surface area contributed by atoms with Crippen LogP contribution in [0.2, 0.25) is 0 Å². The van der Waals surface area contributed by atoms with Crippen LogP contribution >= 0.6 is 15.6 Å². The van der Waals surface area contributed by atoms with Crippen molar-refractivity contribution >= 4 is 39.5 Å². The minimum absolute atomic E-state index is 0.107.